The van der Waals surface area contributed by atoms with Crippen LogP contribution in [0.1, 0.15) is 44.6 Å². The van der Waals surface area contributed by atoms with Gasteiger partial charge in [0.05, 0.1) is 6.61 Å². The van der Waals surface area contributed by atoms with Crippen LogP contribution >= 0.6 is 0 Å². The number of likely N-dealkylation sites (tertiary alicyclic amines) is 1. The maximum Gasteiger partial charge on any atom is 0.409 e. The van der Waals surface area contributed by atoms with Gasteiger partial charge in [-0.2, -0.15) is 0 Å². The van der Waals surface area contributed by atoms with E-state index in [1.165, 1.54) is 0 Å². The van der Waals surface area contributed by atoms with Gasteiger partial charge in [-0.1, -0.05) is 42.5 Å². The smallest absolute Gasteiger partial charge is 0.409 e. The van der Waals surface area contributed by atoms with E-state index >= 15 is 0 Å². The van der Waals surface area contributed by atoms with Crippen molar-refractivity contribution in [2.75, 3.05) is 32.8 Å². The molecule has 0 unspecified atom stereocenters. The third-order valence-corrected chi connectivity index (χ3v) is 6.04. The minimum atomic E-state index is -0.902. The Hall–Kier alpha value is -2.87. The Bertz CT molecular complexity index is 797. The normalized spacial score (nSPS) is 18.8. The van der Waals surface area contributed by atoms with E-state index in [0.29, 0.717) is 58.5 Å². The average molecular weight is 443 g/mol. The van der Waals surface area contributed by atoms with Gasteiger partial charge in [-0.15, -0.1) is 0 Å². The molecule has 2 heterocycles. The largest absolute Gasteiger partial charge is 0.450 e. The van der Waals surface area contributed by atoms with Crippen LogP contribution in [0.2, 0.25) is 0 Å². The van der Waals surface area contributed by atoms with Gasteiger partial charge in [0.25, 0.3) is 0 Å². The molecule has 2 aliphatic rings. The molecule has 0 saturated carbocycles. The highest BCUT2D eigenvalue weighted by Crippen LogP contribution is 2.21. The summed E-state index contributed by atoms with van der Waals surface area (Å²) in [4.78, 5) is 39.5. The maximum absolute atomic E-state index is 13.3. The fourth-order valence-corrected chi connectivity index (χ4v) is 4.19. The number of ether oxygens (including phenoxy) is 1. The van der Waals surface area contributed by atoms with Crippen LogP contribution < -0.4 is 16.0 Å². The lowest BCUT2D eigenvalue weighted by molar-refractivity contribution is -0.135. The van der Waals surface area contributed by atoms with Crippen molar-refractivity contribution < 1.29 is 19.1 Å². The molecule has 0 aromatic heterocycles. The first-order valence-electron chi connectivity index (χ1n) is 11.5. The molecular weight excluding hydrogens is 408 g/mol. The van der Waals surface area contributed by atoms with Crippen LogP contribution in [0.5, 0.6) is 0 Å². The molecule has 1 aromatic carbocycles. The molecule has 0 atom stereocenters. The van der Waals surface area contributed by atoms with Gasteiger partial charge in [0.1, 0.15) is 5.54 Å². The lowest BCUT2D eigenvalue weighted by atomic mass is 9.86. The highest BCUT2D eigenvalue weighted by atomic mass is 16.6. The first-order chi connectivity index (χ1) is 15.5. The van der Waals surface area contributed by atoms with Crippen molar-refractivity contribution in [1.82, 2.24) is 20.9 Å². The molecule has 2 aliphatic heterocycles. The Morgan fingerprint density at radius 2 is 1.84 bits per heavy atom. The predicted molar refractivity (Wildman–Crippen MR) is 123 cm³/mol. The molecule has 3 rings (SSSR count). The van der Waals surface area contributed by atoms with Crippen molar-refractivity contribution in [2.45, 2.75) is 50.6 Å². The molecule has 8 nitrogen and oxygen atoms in total. The summed E-state index contributed by atoms with van der Waals surface area (Å²) in [6.45, 7) is 4.59. The van der Waals surface area contributed by atoms with E-state index in [4.69, 9.17) is 4.74 Å². The minimum absolute atomic E-state index is 0.0187. The van der Waals surface area contributed by atoms with E-state index in [-0.39, 0.29) is 30.4 Å². The Balaban J connectivity index is 1.54. The molecule has 8 heteroatoms. The van der Waals surface area contributed by atoms with E-state index in [1.54, 1.807) is 11.8 Å². The summed E-state index contributed by atoms with van der Waals surface area (Å²) in [6, 6.07) is 9.78. The van der Waals surface area contributed by atoms with Crippen LogP contribution in [0, 0.1) is 0 Å². The van der Waals surface area contributed by atoms with Crippen molar-refractivity contribution in [3.8, 4) is 0 Å². The summed E-state index contributed by atoms with van der Waals surface area (Å²) in [5.41, 5.74) is 0.130. The molecule has 3 amide bonds. The van der Waals surface area contributed by atoms with Gasteiger partial charge in [-0.25, -0.2) is 4.79 Å². The number of hydrogen-bond acceptors (Lipinski definition) is 5. The molecule has 32 heavy (non-hydrogen) atoms. The first-order valence-corrected chi connectivity index (χ1v) is 11.5. The number of piperidine rings is 2. The third kappa shape index (κ3) is 6.56. The van der Waals surface area contributed by atoms with Gasteiger partial charge in [-0.3, -0.25) is 9.59 Å². The van der Waals surface area contributed by atoms with E-state index in [0.717, 1.165) is 5.56 Å². The zero-order chi connectivity index (χ0) is 22.8. The fourth-order valence-electron chi connectivity index (χ4n) is 4.19. The second kappa shape index (κ2) is 11.7. The van der Waals surface area contributed by atoms with Crippen LogP contribution in [0.3, 0.4) is 0 Å². The number of amides is 3. The SMILES string of the molecule is CCOC(=O)N1CCC(NC(=O)C2(NC(=O)CC=Cc3ccccc3)CCNCC2)CC1. The number of hydrogen-bond donors (Lipinski definition) is 3. The van der Waals surface area contributed by atoms with Gasteiger partial charge >= 0.3 is 6.09 Å². The molecule has 174 valence electrons. The van der Waals surface area contributed by atoms with Gasteiger partial charge < -0.3 is 25.6 Å². The molecule has 2 saturated heterocycles. The number of benzene rings is 1. The van der Waals surface area contributed by atoms with Gasteiger partial charge in [0, 0.05) is 25.6 Å². The topological polar surface area (TPSA) is 99.8 Å². The Kier molecular flexibility index (Phi) is 8.67. The monoisotopic (exact) mass is 442 g/mol. The summed E-state index contributed by atoms with van der Waals surface area (Å²) in [5, 5.41) is 9.42. The first kappa shape index (κ1) is 23.8. The third-order valence-electron chi connectivity index (χ3n) is 6.04. The molecule has 3 N–H and O–H groups in total. The zero-order valence-electron chi connectivity index (χ0n) is 18.8. The van der Waals surface area contributed by atoms with Crippen LogP contribution in [-0.4, -0.2) is 67.2 Å². The van der Waals surface area contributed by atoms with Crippen LogP contribution in [0.4, 0.5) is 4.79 Å². The zero-order valence-corrected chi connectivity index (χ0v) is 18.8. The Labute approximate surface area is 189 Å². The van der Waals surface area contributed by atoms with Crippen LogP contribution in [0.25, 0.3) is 6.08 Å². The van der Waals surface area contributed by atoms with Crippen molar-refractivity contribution >= 4 is 24.0 Å². The summed E-state index contributed by atoms with van der Waals surface area (Å²) in [7, 11) is 0. The quantitative estimate of drug-likeness (QED) is 0.600. The maximum atomic E-state index is 13.3. The predicted octanol–water partition coefficient (Wildman–Crippen LogP) is 2.07. The minimum Gasteiger partial charge on any atom is -0.450 e. The molecule has 0 spiro atoms. The Morgan fingerprint density at radius 3 is 2.50 bits per heavy atom. The van der Waals surface area contributed by atoms with Gasteiger partial charge in [0.15, 0.2) is 0 Å². The highest BCUT2D eigenvalue weighted by Gasteiger charge is 2.41. The van der Waals surface area contributed by atoms with E-state index in [2.05, 4.69) is 16.0 Å². The van der Waals surface area contributed by atoms with Crippen LogP contribution in [-0.2, 0) is 14.3 Å². The summed E-state index contributed by atoms with van der Waals surface area (Å²) < 4.78 is 5.05. The summed E-state index contributed by atoms with van der Waals surface area (Å²) in [5.74, 6) is -0.291. The van der Waals surface area contributed by atoms with Crippen molar-refractivity contribution in [3.05, 3.63) is 42.0 Å². The fraction of sp³-hybridized carbons (Fsp3) is 0.542. The standard InChI is InChI=1S/C24H34N4O4/c1-2-32-23(31)28-17-11-20(12-18-28)26-22(30)24(13-15-25-16-14-24)27-21(29)10-6-9-19-7-4-3-5-8-19/h3-9,20,25H,2,10-18H2,1H3,(H,26,30)(H,27,29). The highest BCUT2D eigenvalue weighted by molar-refractivity contribution is 5.92. The molecule has 0 aliphatic carbocycles. The summed E-state index contributed by atoms with van der Waals surface area (Å²) >= 11 is 0. The van der Waals surface area contributed by atoms with Crippen molar-refractivity contribution in [1.29, 1.82) is 0 Å². The second-order valence-electron chi connectivity index (χ2n) is 8.33. The van der Waals surface area contributed by atoms with E-state index in [9.17, 15) is 14.4 Å². The Morgan fingerprint density at radius 1 is 1.16 bits per heavy atom. The average Bonchev–Trinajstić information content (AvgIpc) is 2.81. The molecule has 1 aromatic rings. The molecular formula is C24H34N4O4. The van der Waals surface area contributed by atoms with Gasteiger partial charge in [-0.05, 0) is 51.3 Å². The van der Waals surface area contributed by atoms with Crippen molar-refractivity contribution in [2.24, 2.45) is 0 Å². The lowest BCUT2D eigenvalue weighted by Crippen LogP contribution is -2.64. The second-order valence-corrected chi connectivity index (χ2v) is 8.33. The van der Waals surface area contributed by atoms with E-state index in [1.807, 2.05) is 42.5 Å². The number of carbonyl (C=O) groups is 3. The van der Waals surface area contributed by atoms with Crippen LogP contribution in [0.15, 0.2) is 36.4 Å². The number of carbonyl (C=O) groups excluding carboxylic acids is 3. The number of nitrogens with one attached hydrogen (secondary N) is 3. The molecule has 0 radical (unpaired) electrons. The number of rotatable bonds is 7. The molecule has 2 fully saturated rings. The summed E-state index contributed by atoms with van der Waals surface area (Å²) in [6.07, 6.45) is 6.09. The van der Waals surface area contributed by atoms with Gasteiger partial charge in [0.2, 0.25) is 11.8 Å². The van der Waals surface area contributed by atoms with Crippen molar-refractivity contribution in [3.63, 3.8) is 0 Å². The van der Waals surface area contributed by atoms with E-state index < -0.39 is 5.54 Å². The lowest BCUT2D eigenvalue weighted by Gasteiger charge is -2.39. The molecule has 0 bridgehead atoms. The number of nitrogens with zero attached hydrogens (tertiary/aromatic N) is 1.